The van der Waals surface area contributed by atoms with E-state index < -0.39 is 0 Å². The fraction of sp³-hybridized carbons (Fsp3) is 0.278. The summed E-state index contributed by atoms with van der Waals surface area (Å²) in [6.45, 7) is 6.89. The van der Waals surface area contributed by atoms with Gasteiger partial charge in [0.15, 0.2) is 5.78 Å². The van der Waals surface area contributed by atoms with Crippen LogP contribution in [0.1, 0.15) is 40.9 Å². The Balaban J connectivity index is 2.03. The smallest absolute Gasteiger partial charge is 0.193 e. The van der Waals surface area contributed by atoms with E-state index in [-0.39, 0.29) is 11.2 Å². The second-order valence-corrected chi connectivity index (χ2v) is 7.09. The van der Waals surface area contributed by atoms with Gasteiger partial charge in [0.1, 0.15) is 5.75 Å². The van der Waals surface area contributed by atoms with E-state index in [0.29, 0.717) is 6.61 Å². The van der Waals surface area contributed by atoms with Crippen LogP contribution in [0.25, 0.3) is 0 Å². The van der Waals surface area contributed by atoms with Crippen LogP contribution >= 0.6 is 15.9 Å². The van der Waals surface area contributed by atoms with Crippen molar-refractivity contribution in [3.8, 4) is 5.75 Å². The van der Waals surface area contributed by atoms with Crippen molar-refractivity contribution in [1.82, 2.24) is 0 Å². The Hall–Kier alpha value is -1.61. The van der Waals surface area contributed by atoms with Crippen LogP contribution in [0.4, 0.5) is 0 Å². The molecule has 0 spiro atoms. The zero-order valence-electron chi connectivity index (χ0n) is 12.4. The summed E-state index contributed by atoms with van der Waals surface area (Å²) in [5.74, 6) is 0.953. The van der Waals surface area contributed by atoms with Crippen molar-refractivity contribution in [2.45, 2.75) is 26.2 Å². The number of benzene rings is 2. The maximum absolute atomic E-state index is 12.7. The van der Waals surface area contributed by atoms with Gasteiger partial charge in [0.25, 0.3) is 0 Å². The normalized spacial score (nSPS) is 15.4. The number of ketones is 1. The predicted molar refractivity (Wildman–Crippen MR) is 87.3 cm³/mol. The zero-order valence-corrected chi connectivity index (χ0v) is 14.0. The molecule has 3 heteroatoms. The lowest BCUT2D eigenvalue weighted by Crippen LogP contribution is -2.18. The van der Waals surface area contributed by atoms with E-state index >= 15 is 0 Å². The number of carbonyl (C=O) groups is 1. The Kier molecular flexibility index (Phi) is 3.40. The Morgan fingerprint density at radius 1 is 1.19 bits per heavy atom. The number of halogens is 1. The average molecular weight is 345 g/mol. The molecule has 0 fully saturated rings. The summed E-state index contributed by atoms with van der Waals surface area (Å²) < 4.78 is 6.66. The van der Waals surface area contributed by atoms with Gasteiger partial charge in [-0.3, -0.25) is 4.79 Å². The maximum Gasteiger partial charge on any atom is 0.193 e. The summed E-state index contributed by atoms with van der Waals surface area (Å²) in [6.07, 6.45) is 0. The van der Waals surface area contributed by atoms with Crippen molar-refractivity contribution in [3.63, 3.8) is 0 Å². The summed E-state index contributed by atoms with van der Waals surface area (Å²) in [6, 6.07) is 11.5. The van der Waals surface area contributed by atoms with Crippen molar-refractivity contribution in [2.75, 3.05) is 6.61 Å². The van der Waals surface area contributed by atoms with Crippen LogP contribution in [0.2, 0.25) is 0 Å². The number of carbonyl (C=O) groups excluding carboxylic acids is 1. The molecule has 1 aliphatic rings. The van der Waals surface area contributed by atoms with Gasteiger partial charge < -0.3 is 4.74 Å². The molecule has 0 bridgehead atoms. The van der Waals surface area contributed by atoms with Crippen LogP contribution in [0.5, 0.6) is 5.75 Å². The van der Waals surface area contributed by atoms with E-state index in [1.54, 1.807) is 0 Å². The molecule has 0 amide bonds. The van der Waals surface area contributed by atoms with Gasteiger partial charge >= 0.3 is 0 Å². The number of hydrogen-bond donors (Lipinski definition) is 0. The van der Waals surface area contributed by atoms with Gasteiger partial charge in [0, 0.05) is 26.6 Å². The van der Waals surface area contributed by atoms with Crippen LogP contribution in [-0.2, 0) is 5.41 Å². The van der Waals surface area contributed by atoms with Crippen LogP contribution in [-0.4, -0.2) is 12.4 Å². The molecule has 0 aromatic heterocycles. The third-order valence-electron chi connectivity index (χ3n) is 3.99. The first kappa shape index (κ1) is 14.3. The molecular formula is C18H17BrO2. The van der Waals surface area contributed by atoms with E-state index in [1.807, 2.05) is 43.3 Å². The molecule has 2 aromatic rings. The van der Waals surface area contributed by atoms with Gasteiger partial charge in [-0.25, -0.2) is 0 Å². The van der Waals surface area contributed by atoms with Crippen LogP contribution < -0.4 is 4.74 Å². The summed E-state index contributed by atoms with van der Waals surface area (Å²) in [4.78, 5) is 12.7. The minimum absolute atomic E-state index is 0.0413. The molecule has 2 nitrogen and oxygen atoms in total. The fourth-order valence-electron chi connectivity index (χ4n) is 2.70. The number of ether oxygens (including phenoxy) is 1. The summed E-state index contributed by atoms with van der Waals surface area (Å²) in [5.41, 5.74) is 3.52. The molecule has 0 N–H and O–H groups in total. The Labute approximate surface area is 133 Å². The lowest BCUT2D eigenvalue weighted by Gasteiger charge is -2.15. The SMILES string of the molecule is Cc1cc(Br)ccc1C(=O)c1ccc2c(c1)C(C)(C)CO2. The molecule has 0 radical (unpaired) electrons. The predicted octanol–water partition coefficient (Wildman–Crippen LogP) is 4.66. The number of hydrogen-bond acceptors (Lipinski definition) is 2. The van der Waals surface area contributed by atoms with Crippen molar-refractivity contribution < 1.29 is 9.53 Å². The van der Waals surface area contributed by atoms with E-state index in [1.165, 1.54) is 0 Å². The number of fused-ring (bicyclic) bond motifs is 1. The van der Waals surface area contributed by atoms with E-state index in [2.05, 4.69) is 29.8 Å². The second-order valence-electron chi connectivity index (χ2n) is 6.17. The molecule has 0 saturated carbocycles. The van der Waals surface area contributed by atoms with Crippen molar-refractivity contribution in [2.24, 2.45) is 0 Å². The minimum Gasteiger partial charge on any atom is -0.492 e. The van der Waals surface area contributed by atoms with Crippen LogP contribution in [0, 0.1) is 6.92 Å². The minimum atomic E-state index is -0.0413. The molecule has 1 aliphatic heterocycles. The van der Waals surface area contributed by atoms with Gasteiger partial charge in [-0.05, 0) is 48.9 Å². The topological polar surface area (TPSA) is 26.3 Å². The molecule has 1 heterocycles. The maximum atomic E-state index is 12.7. The van der Waals surface area contributed by atoms with Crippen molar-refractivity contribution in [3.05, 3.63) is 63.1 Å². The lowest BCUT2D eigenvalue weighted by atomic mass is 9.85. The largest absolute Gasteiger partial charge is 0.492 e. The molecule has 0 saturated heterocycles. The zero-order chi connectivity index (χ0) is 15.2. The monoisotopic (exact) mass is 344 g/mol. The Morgan fingerprint density at radius 3 is 2.67 bits per heavy atom. The quantitative estimate of drug-likeness (QED) is 0.740. The van der Waals surface area contributed by atoms with E-state index in [9.17, 15) is 4.79 Å². The molecular weight excluding hydrogens is 328 g/mol. The van der Waals surface area contributed by atoms with E-state index in [4.69, 9.17) is 4.74 Å². The summed E-state index contributed by atoms with van der Waals surface area (Å²) in [5, 5.41) is 0. The van der Waals surface area contributed by atoms with Crippen molar-refractivity contribution >= 4 is 21.7 Å². The fourth-order valence-corrected chi connectivity index (χ4v) is 3.17. The van der Waals surface area contributed by atoms with Gasteiger partial charge in [-0.1, -0.05) is 29.8 Å². The number of rotatable bonds is 2. The standard InChI is InChI=1S/C18H17BrO2/c1-11-8-13(19)5-6-14(11)17(20)12-4-7-16-15(9-12)18(2,3)10-21-16/h4-9H,10H2,1-3H3. The van der Waals surface area contributed by atoms with Gasteiger partial charge in [0.05, 0.1) is 6.61 Å². The molecule has 0 atom stereocenters. The first-order chi connectivity index (χ1) is 9.88. The summed E-state index contributed by atoms with van der Waals surface area (Å²) >= 11 is 3.43. The Bertz CT molecular complexity index is 732. The highest BCUT2D eigenvalue weighted by Gasteiger charge is 2.32. The molecule has 3 rings (SSSR count). The summed E-state index contributed by atoms with van der Waals surface area (Å²) in [7, 11) is 0. The van der Waals surface area contributed by atoms with Gasteiger partial charge in [0.2, 0.25) is 0 Å². The Morgan fingerprint density at radius 2 is 1.95 bits per heavy atom. The molecule has 0 aliphatic carbocycles. The molecule has 108 valence electrons. The first-order valence-electron chi connectivity index (χ1n) is 6.97. The third-order valence-corrected chi connectivity index (χ3v) is 4.49. The molecule has 2 aromatic carbocycles. The van der Waals surface area contributed by atoms with Gasteiger partial charge in [-0.15, -0.1) is 0 Å². The molecule has 0 unspecified atom stereocenters. The second kappa shape index (κ2) is 4.99. The number of aryl methyl sites for hydroxylation is 1. The van der Waals surface area contributed by atoms with Gasteiger partial charge in [-0.2, -0.15) is 0 Å². The van der Waals surface area contributed by atoms with Crippen LogP contribution in [0.15, 0.2) is 40.9 Å². The lowest BCUT2D eigenvalue weighted by molar-refractivity contribution is 0.103. The molecule has 21 heavy (non-hydrogen) atoms. The van der Waals surface area contributed by atoms with Crippen LogP contribution in [0.3, 0.4) is 0 Å². The highest BCUT2D eigenvalue weighted by molar-refractivity contribution is 9.10. The highest BCUT2D eigenvalue weighted by atomic mass is 79.9. The first-order valence-corrected chi connectivity index (χ1v) is 7.76. The highest BCUT2D eigenvalue weighted by Crippen LogP contribution is 2.39. The van der Waals surface area contributed by atoms with E-state index in [0.717, 1.165) is 32.5 Å². The van der Waals surface area contributed by atoms with Crippen molar-refractivity contribution in [1.29, 1.82) is 0 Å². The average Bonchev–Trinajstić information content (AvgIpc) is 2.74. The third kappa shape index (κ3) is 2.51.